The molecule has 2 nitrogen and oxygen atoms in total. The van der Waals surface area contributed by atoms with Crippen LogP contribution >= 0.6 is 0 Å². The number of benzene rings is 2. The van der Waals surface area contributed by atoms with Crippen molar-refractivity contribution in [1.29, 1.82) is 0 Å². The summed E-state index contributed by atoms with van der Waals surface area (Å²) < 4.78 is 41.0. The number of carboxylic acids is 1. The van der Waals surface area contributed by atoms with Crippen LogP contribution in [0, 0.1) is 24.4 Å². The number of hydrogen-bond acceptors (Lipinski definition) is 1. The molecule has 0 radical (unpaired) electrons. The van der Waals surface area contributed by atoms with E-state index in [1.807, 2.05) is 0 Å². The van der Waals surface area contributed by atoms with Crippen LogP contribution in [0.2, 0.25) is 0 Å². The summed E-state index contributed by atoms with van der Waals surface area (Å²) in [5, 5.41) is 8.81. The van der Waals surface area contributed by atoms with Gasteiger partial charge in [0, 0.05) is 11.1 Å². The van der Waals surface area contributed by atoms with E-state index in [9.17, 15) is 18.0 Å². The zero-order chi connectivity index (χ0) is 14.2. The fraction of sp³-hybridized carbons (Fsp3) is 0.0714. The fourth-order valence-electron chi connectivity index (χ4n) is 1.76. The maximum absolute atomic E-state index is 13.9. The van der Waals surface area contributed by atoms with Crippen molar-refractivity contribution >= 4 is 5.97 Å². The molecule has 19 heavy (non-hydrogen) atoms. The molecule has 0 saturated heterocycles. The molecule has 0 saturated carbocycles. The highest BCUT2D eigenvalue weighted by Gasteiger charge is 2.18. The lowest BCUT2D eigenvalue weighted by molar-refractivity contribution is 0.0696. The maximum atomic E-state index is 13.9. The van der Waals surface area contributed by atoms with Crippen LogP contribution in [-0.2, 0) is 0 Å². The average molecular weight is 266 g/mol. The Bertz CT molecular complexity index is 666. The molecule has 2 aromatic carbocycles. The molecule has 0 bridgehead atoms. The second-order valence-electron chi connectivity index (χ2n) is 4.06. The van der Waals surface area contributed by atoms with E-state index in [2.05, 4.69) is 0 Å². The zero-order valence-electron chi connectivity index (χ0n) is 9.88. The van der Waals surface area contributed by atoms with Gasteiger partial charge < -0.3 is 5.11 Å². The number of hydrogen-bond donors (Lipinski definition) is 1. The van der Waals surface area contributed by atoms with E-state index in [1.54, 1.807) is 0 Å². The molecule has 0 amide bonds. The van der Waals surface area contributed by atoms with Crippen molar-refractivity contribution in [2.24, 2.45) is 0 Å². The summed E-state index contributed by atoms with van der Waals surface area (Å²) in [5.74, 6) is -4.71. The summed E-state index contributed by atoms with van der Waals surface area (Å²) >= 11 is 0. The van der Waals surface area contributed by atoms with Crippen LogP contribution in [0.25, 0.3) is 11.1 Å². The minimum Gasteiger partial charge on any atom is -0.478 e. The van der Waals surface area contributed by atoms with Gasteiger partial charge in [-0.15, -0.1) is 0 Å². The summed E-state index contributed by atoms with van der Waals surface area (Å²) in [7, 11) is 0. The van der Waals surface area contributed by atoms with Crippen LogP contribution < -0.4 is 0 Å². The average Bonchev–Trinajstić information content (AvgIpc) is 2.36. The third-order valence-corrected chi connectivity index (χ3v) is 2.76. The summed E-state index contributed by atoms with van der Waals surface area (Å²) in [4.78, 5) is 10.8. The maximum Gasteiger partial charge on any atom is 0.335 e. The van der Waals surface area contributed by atoms with E-state index in [0.717, 1.165) is 6.07 Å². The Labute approximate surface area is 107 Å². The lowest BCUT2D eigenvalue weighted by atomic mass is 9.99. The van der Waals surface area contributed by atoms with E-state index >= 15 is 0 Å². The van der Waals surface area contributed by atoms with Gasteiger partial charge in [0.1, 0.15) is 5.82 Å². The molecular weight excluding hydrogens is 257 g/mol. The van der Waals surface area contributed by atoms with Gasteiger partial charge in [-0.2, -0.15) is 0 Å². The van der Waals surface area contributed by atoms with Crippen molar-refractivity contribution in [3.63, 3.8) is 0 Å². The van der Waals surface area contributed by atoms with Crippen LogP contribution in [-0.4, -0.2) is 11.1 Å². The second kappa shape index (κ2) is 4.76. The van der Waals surface area contributed by atoms with Gasteiger partial charge in [0.2, 0.25) is 0 Å². The number of halogens is 3. The Morgan fingerprint density at radius 2 is 1.74 bits per heavy atom. The molecule has 0 aliphatic rings. The molecule has 0 spiro atoms. The molecule has 98 valence electrons. The normalized spacial score (nSPS) is 10.5. The van der Waals surface area contributed by atoms with Crippen LogP contribution in [0.3, 0.4) is 0 Å². The molecular formula is C14H9F3O2. The van der Waals surface area contributed by atoms with Crippen molar-refractivity contribution in [1.82, 2.24) is 0 Å². The summed E-state index contributed by atoms with van der Waals surface area (Å²) in [5.41, 5.74) is -0.744. The second-order valence-corrected chi connectivity index (χ2v) is 4.06. The number of rotatable bonds is 2. The van der Waals surface area contributed by atoms with Gasteiger partial charge in [-0.1, -0.05) is 18.2 Å². The lowest BCUT2D eigenvalue weighted by Gasteiger charge is -2.09. The van der Waals surface area contributed by atoms with E-state index in [1.165, 1.54) is 25.1 Å². The molecule has 0 unspecified atom stereocenters. The number of aryl methyl sites for hydroxylation is 1. The molecule has 0 atom stereocenters. The molecule has 5 heteroatoms. The number of carboxylic acid groups (broad SMARTS) is 1. The molecule has 2 rings (SSSR count). The highest BCUT2D eigenvalue weighted by atomic mass is 19.2. The Balaban J connectivity index is 2.74. The minimum atomic E-state index is -1.41. The Hall–Kier alpha value is -2.30. The third-order valence-electron chi connectivity index (χ3n) is 2.76. The minimum absolute atomic E-state index is 0.167. The predicted molar refractivity (Wildman–Crippen MR) is 63.4 cm³/mol. The van der Waals surface area contributed by atoms with Crippen molar-refractivity contribution in [2.75, 3.05) is 0 Å². The van der Waals surface area contributed by atoms with Crippen LogP contribution in [0.5, 0.6) is 0 Å². The molecule has 0 aliphatic heterocycles. The van der Waals surface area contributed by atoms with Crippen molar-refractivity contribution in [2.45, 2.75) is 6.92 Å². The van der Waals surface area contributed by atoms with Gasteiger partial charge in [0.15, 0.2) is 11.6 Å². The fourth-order valence-corrected chi connectivity index (χ4v) is 1.76. The molecule has 0 aromatic heterocycles. The first-order valence-electron chi connectivity index (χ1n) is 5.39. The largest absolute Gasteiger partial charge is 0.478 e. The monoisotopic (exact) mass is 266 g/mol. The topological polar surface area (TPSA) is 37.3 Å². The van der Waals surface area contributed by atoms with Crippen molar-refractivity contribution in [3.05, 3.63) is 58.9 Å². The highest BCUT2D eigenvalue weighted by molar-refractivity contribution is 5.89. The number of carbonyl (C=O) groups is 1. The number of aromatic carboxylic acids is 1. The van der Waals surface area contributed by atoms with Gasteiger partial charge >= 0.3 is 5.97 Å². The standard InChI is InChI=1S/C14H9F3O2/c1-7-3-2-4-9(12(7)16)10-5-8(14(18)19)6-11(15)13(10)17/h2-6H,1H3,(H,18,19). The quantitative estimate of drug-likeness (QED) is 0.898. The molecule has 0 aliphatic carbocycles. The van der Waals surface area contributed by atoms with Crippen LogP contribution in [0.15, 0.2) is 30.3 Å². The molecule has 0 heterocycles. The van der Waals surface area contributed by atoms with Crippen LogP contribution in [0.4, 0.5) is 13.2 Å². The van der Waals surface area contributed by atoms with E-state index in [0.29, 0.717) is 6.07 Å². The first-order valence-corrected chi connectivity index (χ1v) is 5.39. The van der Waals surface area contributed by atoms with Gasteiger partial charge in [0.05, 0.1) is 5.56 Å². The lowest BCUT2D eigenvalue weighted by Crippen LogP contribution is -2.02. The Morgan fingerprint density at radius 1 is 1.05 bits per heavy atom. The smallest absolute Gasteiger partial charge is 0.335 e. The summed E-state index contributed by atoms with van der Waals surface area (Å²) in [6.07, 6.45) is 0. The zero-order valence-corrected chi connectivity index (χ0v) is 9.88. The van der Waals surface area contributed by atoms with Gasteiger partial charge in [-0.05, 0) is 24.6 Å². The van der Waals surface area contributed by atoms with E-state index < -0.39 is 34.5 Å². The van der Waals surface area contributed by atoms with Crippen molar-refractivity contribution in [3.8, 4) is 11.1 Å². The molecule has 1 N–H and O–H groups in total. The highest BCUT2D eigenvalue weighted by Crippen LogP contribution is 2.29. The third kappa shape index (κ3) is 2.31. The Morgan fingerprint density at radius 3 is 2.37 bits per heavy atom. The molecule has 0 fully saturated rings. The predicted octanol–water partition coefficient (Wildman–Crippen LogP) is 3.78. The van der Waals surface area contributed by atoms with Crippen molar-refractivity contribution < 1.29 is 23.1 Å². The first-order chi connectivity index (χ1) is 8.91. The van der Waals surface area contributed by atoms with E-state index in [4.69, 9.17) is 5.11 Å². The summed E-state index contributed by atoms with van der Waals surface area (Å²) in [6, 6.07) is 5.71. The van der Waals surface area contributed by atoms with E-state index in [-0.39, 0.29) is 11.1 Å². The Kier molecular flexibility index (Phi) is 3.29. The van der Waals surface area contributed by atoms with Gasteiger partial charge in [-0.25, -0.2) is 18.0 Å². The SMILES string of the molecule is Cc1cccc(-c2cc(C(=O)O)cc(F)c2F)c1F. The van der Waals surface area contributed by atoms with Gasteiger partial charge in [0.25, 0.3) is 0 Å². The van der Waals surface area contributed by atoms with Crippen LogP contribution in [0.1, 0.15) is 15.9 Å². The summed E-state index contributed by atoms with van der Waals surface area (Å²) in [6.45, 7) is 1.48. The van der Waals surface area contributed by atoms with Gasteiger partial charge in [-0.3, -0.25) is 0 Å². The molecule has 2 aromatic rings. The first kappa shape index (κ1) is 13.1.